The number of halogens is 1. The number of methoxy groups -OCH3 is 1. The van der Waals surface area contributed by atoms with E-state index in [0.29, 0.717) is 18.8 Å². The normalized spacial score (nSPS) is 10.6. The molecule has 0 unspecified atom stereocenters. The molecule has 1 N–H and O–H groups in total. The third kappa shape index (κ3) is 4.36. The second kappa shape index (κ2) is 7.89. The SMILES string of the molecule is COc1ccc2cccc(CCNC(=O)CCCCl)c2c1. The van der Waals surface area contributed by atoms with Gasteiger partial charge in [-0.3, -0.25) is 4.79 Å². The molecule has 4 heteroatoms. The van der Waals surface area contributed by atoms with E-state index in [1.54, 1.807) is 7.11 Å². The van der Waals surface area contributed by atoms with E-state index in [1.165, 1.54) is 16.3 Å². The lowest BCUT2D eigenvalue weighted by molar-refractivity contribution is -0.121. The highest BCUT2D eigenvalue weighted by atomic mass is 35.5. The second-order valence-corrected chi connectivity index (χ2v) is 5.27. The summed E-state index contributed by atoms with van der Waals surface area (Å²) in [5, 5.41) is 5.29. The van der Waals surface area contributed by atoms with E-state index in [4.69, 9.17) is 16.3 Å². The molecule has 1 amide bonds. The first-order valence-corrected chi connectivity index (χ1v) is 7.66. The standard InChI is InChI=1S/C17H20ClNO2/c1-21-15-8-7-13-4-2-5-14(16(13)12-15)9-11-19-17(20)6-3-10-18/h2,4-5,7-8,12H,3,6,9-11H2,1H3,(H,19,20). The molecule has 0 saturated carbocycles. The molecule has 0 atom stereocenters. The van der Waals surface area contributed by atoms with Crippen molar-refractivity contribution in [2.45, 2.75) is 19.3 Å². The highest BCUT2D eigenvalue weighted by molar-refractivity contribution is 6.17. The first kappa shape index (κ1) is 15.6. The predicted octanol–water partition coefficient (Wildman–Crippen LogP) is 3.53. The van der Waals surface area contributed by atoms with Crippen LogP contribution in [0.3, 0.4) is 0 Å². The lowest BCUT2D eigenvalue weighted by Gasteiger charge is -2.09. The Morgan fingerprint density at radius 3 is 2.90 bits per heavy atom. The minimum Gasteiger partial charge on any atom is -0.497 e. The minimum absolute atomic E-state index is 0.0634. The topological polar surface area (TPSA) is 38.3 Å². The molecule has 112 valence electrons. The largest absolute Gasteiger partial charge is 0.497 e. The Balaban J connectivity index is 2.03. The Hall–Kier alpha value is -1.74. The van der Waals surface area contributed by atoms with Gasteiger partial charge in [0.2, 0.25) is 5.91 Å². The average molecular weight is 306 g/mol. The molecule has 0 fully saturated rings. The minimum atomic E-state index is 0.0634. The quantitative estimate of drug-likeness (QED) is 0.795. The van der Waals surface area contributed by atoms with Crippen LogP contribution in [0.2, 0.25) is 0 Å². The molecule has 0 aliphatic carbocycles. The number of rotatable bonds is 7. The Bertz CT molecular complexity index is 613. The Morgan fingerprint density at radius 1 is 1.29 bits per heavy atom. The van der Waals surface area contributed by atoms with Crippen molar-refractivity contribution in [1.82, 2.24) is 5.32 Å². The summed E-state index contributed by atoms with van der Waals surface area (Å²) < 4.78 is 5.28. The summed E-state index contributed by atoms with van der Waals surface area (Å²) in [6, 6.07) is 12.3. The third-order valence-corrected chi connectivity index (χ3v) is 3.70. The highest BCUT2D eigenvalue weighted by Gasteiger charge is 2.04. The van der Waals surface area contributed by atoms with Crippen molar-refractivity contribution in [2.24, 2.45) is 0 Å². The fraction of sp³-hybridized carbons (Fsp3) is 0.353. The number of carbonyl (C=O) groups is 1. The van der Waals surface area contributed by atoms with Gasteiger partial charge >= 0.3 is 0 Å². The molecule has 2 rings (SSSR count). The number of amides is 1. The van der Waals surface area contributed by atoms with Crippen LogP contribution in [-0.2, 0) is 11.2 Å². The van der Waals surface area contributed by atoms with Gasteiger partial charge in [-0.05, 0) is 41.3 Å². The number of hydrogen-bond acceptors (Lipinski definition) is 2. The van der Waals surface area contributed by atoms with Crippen LogP contribution in [0.1, 0.15) is 18.4 Å². The smallest absolute Gasteiger partial charge is 0.220 e. The molecule has 0 saturated heterocycles. The maximum atomic E-state index is 11.6. The van der Waals surface area contributed by atoms with Gasteiger partial charge in [0, 0.05) is 18.8 Å². The van der Waals surface area contributed by atoms with Crippen molar-refractivity contribution >= 4 is 28.3 Å². The molecule has 0 aliphatic rings. The summed E-state index contributed by atoms with van der Waals surface area (Å²) in [7, 11) is 1.67. The summed E-state index contributed by atoms with van der Waals surface area (Å²) >= 11 is 5.58. The van der Waals surface area contributed by atoms with E-state index in [9.17, 15) is 4.79 Å². The van der Waals surface area contributed by atoms with Crippen molar-refractivity contribution < 1.29 is 9.53 Å². The summed E-state index contributed by atoms with van der Waals surface area (Å²) in [5.74, 6) is 1.44. The maximum absolute atomic E-state index is 11.6. The molecule has 3 nitrogen and oxygen atoms in total. The first-order valence-electron chi connectivity index (χ1n) is 7.13. The number of nitrogens with one attached hydrogen (secondary N) is 1. The molecule has 2 aromatic carbocycles. The van der Waals surface area contributed by atoms with Crippen LogP contribution in [0, 0.1) is 0 Å². The lowest BCUT2D eigenvalue weighted by Crippen LogP contribution is -2.25. The number of ether oxygens (including phenoxy) is 1. The number of carbonyl (C=O) groups excluding carboxylic acids is 1. The maximum Gasteiger partial charge on any atom is 0.220 e. The monoisotopic (exact) mass is 305 g/mol. The molecular formula is C17H20ClNO2. The van der Waals surface area contributed by atoms with Gasteiger partial charge in [-0.1, -0.05) is 24.3 Å². The van der Waals surface area contributed by atoms with Crippen LogP contribution in [0.5, 0.6) is 5.75 Å². The lowest BCUT2D eigenvalue weighted by atomic mass is 10.0. The highest BCUT2D eigenvalue weighted by Crippen LogP contribution is 2.24. The molecular weight excluding hydrogens is 286 g/mol. The summed E-state index contributed by atoms with van der Waals surface area (Å²) in [6.45, 7) is 0.636. The van der Waals surface area contributed by atoms with Gasteiger partial charge in [0.15, 0.2) is 0 Å². The van der Waals surface area contributed by atoms with E-state index in [0.717, 1.165) is 18.6 Å². The second-order valence-electron chi connectivity index (χ2n) is 4.90. The summed E-state index contributed by atoms with van der Waals surface area (Å²) in [6.07, 6.45) is 2.02. The van der Waals surface area contributed by atoms with Gasteiger partial charge in [0.05, 0.1) is 7.11 Å². The third-order valence-electron chi connectivity index (χ3n) is 3.43. The van der Waals surface area contributed by atoms with Crippen LogP contribution in [0.15, 0.2) is 36.4 Å². The fourth-order valence-corrected chi connectivity index (χ4v) is 2.45. The molecule has 0 spiro atoms. The van der Waals surface area contributed by atoms with E-state index < -0.39 is 0 Å². The van der Waals surface area contributed by atoms with E-state index >= 15 is 0 Å². The van der Waals surface area contributed by atoms with Gasteiger partial charge in [-0.15, -0.1) is 11.6 Å². The molecule has 0 radical (unpaired) electrons. The van der Waals surface area contributed by atoms with Gasteiger partial charge in [-0.25, -0.2) is 0 Å². The molecule has 21 heavy (non-hydrogen) atoms. The Kier molecular flexibility index (Phi) is 5.88. The van der Waals surface area contributed by atoms with Gasteiger partial charge in [-0.2, -0.15) is 0 Å². The van der Waals surface area contributed by atoms with Crippen LogP contribution in [-0.4, -0.2) is 25.4 Å². The number of alkyl halides is 1. The number of fused-ring (bicyclic) bond motifs is 1. The Morgan fingerprint density at radius 2 is 2.14 bits per heavy atom. The van der Waals surface area contributed by atoms with Crippen LogP contribution in [0.4, 0.5) is 0 Å². The zero-order valence-electron chi connectivity index (χ0n) is 12.2. The Labute approximate surface area is 130 Å². The van der Waals surface area contributed by atoms with Gasteiger partial charge in [0.1, 0.15) is 5.75 Å². The van der Waals surface area contributed by atoms with Crippen molar-refractivity contribution in [2.75, 3.05) is 19.5 Å². The van der Waals surface area contributed by atoms with Gasteiger partial charge in [0.25, 0.3) is 0 Å². The predicted molar refractivity (Wildman–Crippen MR) is 87.2 cm³/mol. The van der Waals surface area contributed by atoms with Crippen molar-refractivity contribution in [1.29, 1.82) is 0 Å². The molecule has 0 bridgehead atoms. The summed E-state index contributed by atoms with van der Waals surface area (Å²) in [4.78, 5) is 11.6. The van der Waals surface area contributed by atoms with Crippen molar-refractivity contribution in [3.05, 3.63) is 42.0 Å². The van der Waals surface area contributed by atoms with E-state index in [-0.39, 0.29) is 5.91 Å². The average Bonchev–Trinajstić information content (AvgIpc) is 2.52. The van der Waals surface area contributed by atoms with Crippen LogP contribution >= 0.6 is 11.6 Å². The van der Waals surface area contributed by atoms with Gasteiger partial charge < -0.3 is 10.1 Å². The fourth-order valence-electron chi connectivity index (χ4n) is 2.31. The molecule has 0 heterocycles. The zero-order chi connectivity index (χ0) is 15.1. The number of hydrogen-bond donors (Lipinski definition) is 1. The van der Waals surface area contributed by atoms with E-state index in [1.807, 2.05) is 18.2 Å². The van der Waals surface area contributed by atoms with Crippen LogP contribution in [0.25, 0.3) is 10.8 Å². The van der Waals surface area contributed by atoms with Crippen molar-refractivity contribution in [3.8, 4) is 5.75 Å². The molecule has 0 aromatic heterocycles. The van der Waals surface area contributed by atoms with Crippen LogP contribution < -0.4 is 10.1 Å². The zero-order valence-corrected chi connectivity index (χ0v) is 13.0. The summed E-state index contributed by atoms with van der Waals surface area (Å²) in [5.41, 5.74) is 1.21. The molecule has 2 aromatic rings. The van der Waals surface area contributed by atoms with Crippen molar-refractivity contribution in [3.63, 3.8) is 0 Å². The molecule has 0 aliphatic heterocycles. The number of benzene rings is 2. The van der Waals surface area contributed by atoms with E-state index in [2.05, 4.69) is 23.5 Å². The first-order chi connectivity index (χ1) is 10.2.